The van der Waals surface area contributed by atoms with Crippen molar-refractivity contribution in [2.45, 2.75) is 4.90 Å². The molecule has 0 aliphatic heterocycles. The second-order valence-corrected chi connectivity index (χ2v) is 6.57. The Morgan fingerprint density at radius 1 is 0.708 bits per heavy atom. The van der Waals surface area contributed by atoms with Gasteiger partial charge in [-0.15, -0.1) is 0 Å². The highest BCUT2D eigenvalue weighted by Crippen LogP contribution is 2.20. The van der Waals surface area contributed by atoms with Crippen LogP contribution >= 0.6 is 0 Å². The molecular formula is C19H15NO3S. The van der Waals surface area contributed by atoms with Crippen LogP contribution in [0, 0.1) is 0 Å². The molecule has 0 saturated heterocycles. The molecule has 5 heteroatoms. The number of rotatable bonds is 1. The molecule has 0 unspecified atom stereocenters. The van der Waals surface area contributed by atoms with Crippen molar-refractivity contribution in [3.05, 3.63) is 85.1 Å². The topological polar surface area (TPSA) is 71.3 Å². The molecule has 4 rings (SSSR count). The summed E-state index contributed by atoms with van der Waals surface area (Å²) in [6.45, 7) is 0. The number of hydrogen-bond donors (Lipinski definition) is 0. The lowest BCUT2D eigenvalue weighted by molar-refractivity contribution is -0.343. The van der Waals surface area contributed by atoms with Crippen LogP contribution in [0.5, 0.6) is 0 Å². The minimum Gasteiger partial charge on any atom is -0.744 e. The van der Waals surface area contributed by atoms with Gasteiger partial charge in [-0.3, -0.25) is 0 Å². The Bertz CT molecular complexity index is 1020. The summed E-state index contributed by atoms with van der Waals surface area (Å²) in [5.41, 5.74) is 1.21. The van der Waals surface area contributed by atoms with Gasteiger partial charge in [-0.1, -0.05) is 42.5 Å². The van der Waals surface area contributed by atoms with Gasteiger partial charge in [0.1, 0.15) is 10.1 Å². The van der Waals surface area contributed by atoms with Gasteiger partial charge in [0.25, 0.3) is 0 Å². The van der Waals surface area contributed by atoms with E-state index >= 15 is 0 Å². The maximum Gasteiger partial charge on any atom is 0.218 e. The Morgan fingerprint density at radius 3 is 2.04 bits per heavy atom. The predicted octanol–water partition coefficient (Wildman–Crippen LogP) is 3.40. The first-order valence-electron chi connectivity index (χ1n) is 7.35. The van der Waals surface area contributed by atoms with Crippen molar-refractivity contribution >= 4 is 31.8 Å². The second-order valence-electron chi connectivity index (χ2n) is 5.19. The van der Waals surface area contributed by atoms with E-state index in [2.05, 4.69) is 47.4 Å². The standard InChI is InChI=1S/C13H9N.C6H6O3S/c1-2-6-12-10(4-1)7-8-11-5-3-9-14-13(11)12;7-10(8,9)6-4-2-1-3-5-6/h1-9H;1-5H,(H,7,8,9). The monoisotopic (exact) mass is 337 g/mol. The number of nitrogens with one attached hydrogen (secondary N) is 1. The zero-order chi connectivity index (χ0) is 17.0. The molecule has 0 aliphatic rings. The molecule has 0 fully saturated rings. The molecule has 1 aromatic heterocycles. The molecule has 4 nitrogen and oxygen atoms in total. The van der Waals surface area contributed by atoms with Crippen molar-refractivity contribution in [2.75, 3.05) is 0 Å². The fourth-order valence-corrected chi connectivity index (χ4v) is 2.95. The van der Waals surface area contributed by atoms with E-state index in [-0.39, 0.29) is 4.90 Å². The smallest absolute Gasteiger partial charge is 0.218 e. The van der Waals surface area contributed by atoms with Gasteiger partial charge in [0.05, 0.1) is 10.3 Å². The molecule has 1 N–H and O–H groups in total. The maximum absolute atomic E-state index is 10.3. The highest BCUT2D eigenvalue weighted by molar-refractivity contribution is 7.85. The largest absolute Gasteiger partial charge is 0.744 e. The summed E-state index contributed by atoms with van der Waals surface area (Å²) in [5.74, 6) is 0. The summed E-state index contributed by atoms with van der Waals surface area (Å²) in [6, 6.07) is 24.1. The van der Waals surface area contributed by atoms with Crippen molar-refractivity contribution in [3.8, 4) is 0 Å². The van der Waals surface area contributed by atoms with Crippen LogP contribution in [0.2, 0.25) is 0 Å². The van der Waals surface area contributed by atoms with Gasteiger partial charge in [0.2, 0.25) is 5.52 Å². The Labute approximate surface area is 140 Å². The molecule has 0 spiro atoms. The summed E-state index contributed by atoms with van der Waals surface area (Å²) in [4.78, 5) is 3.11. The van der Waals surface area contributed by atoms with E-state index in [0.29, 0.717) is 0 Å². The highest BCUT2D eigenvalue weighted by atomic mass is 32.2. The first-order chi connectivity index (χ1) is 11.6. The van der Waals surface area contributed by atoms with Gasteiger partial charge in [-0.25, -0.2) is 13.4 Å². The zero-order valence-electron chi connectivity index (χ0n) is 12.7. The zero-order valence-corrected chi connectivity index (χ0v) is 13.5. The van der Waals surface area contributed by atoms with E-state index in [1.54, 1.807) is 6.07 Å². The van der Waals surface area contributed by atoms with Crippen LogP contribution in [-0.2, 0) is 10.1 Å². The molecule has 4 aromatic rings. The quantitative estimate of drug-likeness (QED) is 0.395. The van der Waals surface area contributed by atoms with Crippen molar-refractivity contribution in [1.82, 2.24) is 0 Å². The van der Waals surface area contributed by atoms with Crippen LogP contribution in [0.4, 0.5) is 0 Å². The minimum absolute atomic E-state index is 0.185. The molecule has 0 saturated carbocycles. The Hall–Kier alpha value is -2.76. The molecule has 0 radical (unpaired) electrons. The third-order valence-electron chi connectivity index (χ3n) is 3.59. The maximum atomic E-state index is 10.3. The molecule has 3 aromatic carbocycles. The predicted molar refractivity (Wildman–Crippen MR) is 92.4 cm³/mol. The fourth-order valence-electron chi connectivity index (χ4n) is 2.46. The van der Waals surface area contributed by atoms with Crippen LogP contribution in [0.15, 0.2) is 90.0 Å². The number of pyridine rings is 1. The summed E-state index contributed by atoms with van der Waals surface area (Å²) in [7, 11) is -4.25. The van der Waals surface area contributed by atoms with E-state index < -0.39 is 10.1 Å². The molecule has 1 heterocycles. The number of fused-ring (bicyclic) bond motifs is 3. The highest BCUT2D eigenvalue weighted by Gasteiger charge is 2.03. The van der Waals surface area contributed by atoms with Gasteiger partial charge in [0, 0.05) is 11.5 Å². The van der Waals surface area contributed by atoms with E-state index in [1.807, 2.05) is 12.3 Å². The van der Waals surface area contributed by atoms with Crippen LogP contribution in [0.3, 0.4) is 0 Å². The van der Waals surface area contributed by atoms with Crippen molar-refractivity contribution in [1.29, 1.82) is 0 Å². The third-order valence-corrected chi connectivity index (χ3v) is 4.44. The van der Waals surface area contributed by atoms with Gasteiger partial charge < -0.3 is 4.55 Å². The van der Waals surface area contributed by atoms with Crippen LogP contribution in [-0.4, -0.2) is 13.0 Å². The van der Waals surface area contributed by atoms with E-state index in [9.17, 15) is 13.0 Å². The first kappa shape index (κ1) is 16.1. The van der Waals surface area contributed by atoms with Crippen LogP contribution < -0.4 is 4.98 Å². The number of H-pyrrole nitrogens is 1. The van der Waals surface area contributed by atoms with Crippen LogP contribution in [0.1, 0.15) is 0 Å². The Kier molecular flexibility index (Phi) is 4.55. The number of benzene rings is 3. The Balaban J connectivity index is 0.000000150. The lowest BCUT2D eigenvalue weighted by atomic mass is 10.1. The van der Waals surface area contributed by atoms with Crippen molar-refractivity contribution in [2.24, 2.45) is 0 Å². The average Bonchev–Trinajstić information content (AvgIpc) is 2.62. The molecule has 24 heavy (non-hydrogen) atoms. The van der Waals surface area contributed by atoms with E-state index in [4.69, 9.17) is 0 Å². The normalized spacial score (nSPS) is 11.0. The van der Waals surface area contributed by atoms with Crippen LogP contribution in [0.25, 0.3) is 21.7 Å². The minimum atomic E-state index is -4.25. The number of aromatic amines is 1. The lowest BCUT2D eigenvalue weighted by Gasteiger charge is -2.04. The second kappa shape index (κ2) is 6.78. The molecule has 0 aliphatic carbocycles. The Morgan fingerprint density at radius 2 is 1.33 bits per heavy atom. The fraction of sp³-hybridized carbons (Fsp3) is 0. The van der Waals surface area contributed by atoms with Gasteiger partial charge in [-0.2, -0.15) is 0 Å². The van der Waals surface area contributed by atoms with E-state index in [0.717, 1.165) is 0 Å². The summed E-state index contributed by atoms with van der Waals surface area (Å²) < 4.78 is 30.8. The molecule has 0 bridgehead atoms. The van der Waals surface area contributed by atoms with Crippen molar-refractivity contribution in [3.63, 3.8) is 0 Å². The third kappa shape index (κ3) is 3.59. The molecule has 0 atom stereocenters. The molecule has 0 amide bonds. The number of aromatic nitrogens is 1. The van der Waals surface area contributed by atoms with E-state index in [1.165, 1.54) is 45.9 Å². The van der Waals surface area contributed by atoms with Gasteiger partial charge in [0.15, 0.2) is 6.20 Å². The van der Waals surface area contributed by atoms with Crippen molar-refractivity contribution < 1.29 is 18.0 Å². The summed E-state index contributed by atoms with van der Waals surface area (Å²) in [6.07, 6.45) is 1.97. The molecule has 120 valence electrons. The lowest BCUT2D eigenvalue weighted by Crippen LogP contribution is -2.01. The number of hydrogen-bond acceptors (Lipinski definition) is 3. The SMILES string of the molecule is O=S(=O)([O-])c1ccccc1.c1ccc2c(c1)ccc1ccc[nH+]c12. The first-order valence-corrected chi connectivity index (χ1v) is 8.76. The van der Waals surface area contributed by atoms with Gasteiger partial charge >= 0.3 is 0 Å². The van der Waals surface area contributed by atoms with Gasteiger partial charge in [-0.05, 0) is 35.7 Å². The molecular weight excluding hydrogens is 322 g/mol. The summed E-state index contributed by atoms with van der Waals surface area (Å²) in [5, 5.41) is 3.82. The average molecular weight is 337 g/mol. The summed E-state index contributed by atoms with van der Waals surface area (Å²) >= 11 is 0.